The lowest BCUT2D eigenvalue weighted by Crippen LogP contribution is -2.38. The van der Waals surface area contributed by atoms with Gasteiger partial charge in [-0.3, -0.25) is 4.99 Å². The van der Waals surface area contributed by atoms with Gasteiger partial charge in [0.2, 0.25) is 5.89 Å². The first kappa shape index (κ1) is 13.8. The molecule has 6 nitrogen and oxygen atoms in total. The van der Waals surface area contributed by atoms with E-state index in [-0.39, 0.29) is 0 Å². The highest BCUT2D eigenvalue weighted by atomic mass is 16.5. The molecule has 1 saturated carbocycles. The maximum Gasteiger partial charge on any atom is 0.226 e. The van der Waals surface area contributed by atoms with Crippen molar-refractivity contribution >= 4 is 5.96 Å². The molecule has 1 aromatic rings. The summed E-state index contributed by atoms with van der Waals surface area (Å²) in [6, 6.07) is 0. The molecule has 0 bridgehead atoms. The fourth-order valence-electron chi connectivity index (χ4n) is 1.75. The van der Waals surface area contributed by atoms with Gasteiger partial charge < -0.3 is 15.2 Å². The predicted octanol–water partition coefficient (Wildman–Crippen LogP) is 1.28. The van der Waals surface area contributed by atoms with Crippen molar-refractivity contribution in [1.82, 2.24) is 20.8 Å². The van der Waals surface area contributed by atoms with Crippen molar-refractivity contribution in [2.75, 3.05) is 19.6 Å². The first-order chi connectivity index (χ1) is 9.28. The smallest absolute Gasteiger partial charge is 0.226 e. The zero-order chi connectivity index (χ0) is 13.5. The van der Waals surface area contributed by atoms with E-state index in [1.165, 1.54) is 12.8 Å². The van der Waals surface area contributed by atoms with Crippen LogP contribution in [0.5, 0.6) is 0 Å². The average molecular weight is 265 g/mol. The van der Waals surface area contributed by atoms with Crippen LogP contribution in [0.1, 0.15) is 37.9 Å². The zero-order valence-electron chi connectivity index (χ0n) is 11.8. The van der Waals surface area contributed by atoms with Crippen LogP contribution in [-0.4, -0.2) is 35.7 Å². The number of hydrogen-bond acceptors (Lipinski definition) is 4. The van der Waals surface area contributed by atoms with Crippen LogP contribution in [0.25, 0.3) is 0 Å². The van der Waals surface area contributed by atoms with Gasteiger partial charge in [-0.15, -0.1) is 0 Å². The van der Waals surface area contributed by atoms with Crippen LogP contribution in [0.2, 0.25) is 0 Å². The van der Waals surface area contributed by atoms with E-state index in [0.29, 0.717) is 11.7 Å². The third-order valence-corrected chi connectivity index (χ3v) is 2.98. The summed E-state index contributed by atoms with van der Waals surface area (Å²) in [5, 5.41) is 10.4. The zero-order valence-corrected chi connectivity index (χ0v) is 11.8. The number of aryl methyl sites for hydroxylation is 2. The van der Waals surface area contributed by atoms with E-state index in [2.05, 4.69) is 32.7 Å². The van der Waals surface area contributed by atoms with Gasteiger partial charge in [-0.05, 0) is 39.0 Å². The summed E-state index contributed by atoms with van der Waals surface area (Å²) < 4.78 is 5.07. The second kappa shape index (κ2) is 7.11. The van der Waals surface area contributed by atoms with E-state index in [9.17, 15) is 0 Å². The van der Waals surface area contributed by atoms with Gasteiger partial charge in [-0.1, -0.05) is 5.16 Å². The molecule has 2 rings (SSSR count). The number of nitrogens with zero attached hydrogens (tertiary/aromatic N) is 3. The number of rotatable bonds is 7. The molecule has 0 unspecified atom stereocenters. The minimum Gasteiger partial charge on any atom is -0.357 e. The summed E-state index contributed by atoms with van der Waals surface area (Å²) in [7, 11) is 0. The van der Waals surface area contributed by atoms with Crippen molar-refractivity contribution in [3.05, 3.63) is 11.7 Å². The molecule has 0 aliphatic heterocycles. The number of aliphatic imine (C=N–C) groups is 1. The molecule has 1 aliphatic carbocycles. The number of guanidine groups is 1. The Labute approximate surface area is 114 Å². The molecule has 106 valence electrons. The molecule has 19 heavy (non-hydrogen) atoms. The lowest BCUT2D eigenvalue weighted by Gasteiger charge is -2.10. The van der Waals surface area contributed by atoms with Crippen molar-refractivity contribution in [3.8, 4) is 0 Å². The molecule has 0 spiro atoms. The first-order valence-electron chi connectivity index (χ1n) is 7.09. The molecule has 6 heteroatoms. The highest BCUT2D eigenvalue weighted by Gasteiger charge is 2.20. The Hall–Kier alpha value is -1.59. The molecule has 2 N–H and O–H groups in total. The van der Waals surface area contributed by atoms with Crippen molar-refractivity contribution in [1.29, 1.82) is 0 Å². The standard InChI is InChI=1S/C13H23N5O/c1-3-14-13(16-9-11-6-7-11)15-8-4-5-12-17-10(2)18-19-12/h11H,3-9H2,1-2H3,(H2,14,15,16). The topological polar surface area (TPSA) is 75.3 Å². The highest BCUT2D eigenvalue weighted by Crippen LogP contribution is 2.28. The Morgan fingerprint density at radius 1 is 1.42 bits per heavy atom. The third-order valence-electron chi connectivity index (χ3n) is 2.98. The molecule has 1 heterocycles. The monoisotopic (exact) mass is 265 g/mol. The number of hydrogen-bond donors (Lipinski definition) is 2. The lowest BCUT2D eigenvalue weighted by molar-refractivity contribution is 0.372. The molecule has 0 amide bonds. The van der Waals surface area contributed by atoms with E-state index in [1.807, 2.05) is 6.92 Å². The van der Waals surface area contributed by atoms with Gasteiger partial charge in [0.05, 0.1) is 0 Å². The first-order valence-corrected chi connectivity index (χ1v) is 7.09. The van der Waals surface area contributed by atoms with Crippen LogP contribution in [0, 0.1) is 12.8 Å². The Bertz CT molecular complexity index is 411. The largest absolute Gasteiger partial charge is 0.357 e. The Morgan fingerprint density at radius 2 is 2.26 bits per heavy atom. The summed E-state index contributed by atoms with van der Waals surface area (Å²) >= 11 is 0. The van der Waals surface area contributed by atoms with Crippen LogP contribution in [0.15, 0.2) is 9.52 Å². The van der Waals surface area contributed by atoms with Crippen LogP contribution >= 0.6 is 0 Å². The van der Waals surface area contributed by atoms with E-state index < -0.39 is 0 Å². The molecule has 1 fully saturated rings. The Balaban J connectivity index is 1.64. The quantitative estimate of drug-likeness (QED) is 0.441. The molecule has 1 aromatic heterocycles. The highest BCUT2D eigenvalue weighted by molar-refractivity contribution is 5.79. The molecule has 0 saturated heterocycles. The minimum atomic E-state index is 0.697. The second-order valence-electron chi connectivity index (χ2n) is 4.93. The Morgan fingerprint density at radius 3 is 2.89 bits per heavy atom. The van der Waals surface area contributed by atoms with E-state index >= 15 is 0 Å². The lowest BCUT2D eigenvalue weighted by atomic mass is 10.3. The fourth-order valence-corrected chi connectivity index (χ4v) is 1.75. The normalized spacial score (nSPS) is 15.6. The van der Waals surface area contributed by atoms with Crippen molar-refractivity contribution in [3.63, 3.8) is 0 Å². The van der Waals surface area contributed by atoms with Gasteiger partial charge in [0.1, 0.15) is 0 Å². The molecule has 0 atom stereocenters. The van der Waals surface area contributed by atoms with Crippen molar-refractivity contribution in [2.24, 2.45) is 10.9 Å². The predicted molar refractivity (Wildman–Crippen MR) is 74.1 cm³/mol. The van der Waals surface area contributed by atoms with Crippen LogP contribution in [0.4, 0.5) is 0 Å². The average Bonchev–Trinajstić information content (AvgIpc) is 3.14. The SMILES string of the molecule is CCNC(=NCC1CC1)NCCCc1nc(C)no1. The fraction of sp³-hybridized carbons (Fsp3) is 0.769. The number of aromatic nitrogens is 2. The maximum atomic E-state index is 5.07. The van der Waals surface area contributed by atoms with Crippen molar-refractivity contribution < 1.29 is 4.52 Å². The van der Waals surface area contributed by atoms with Gasteiger partial charge in [-0.25, -0.2) is 0 Å². The van der Waals surface area contributed by atoms with Gasteiger partial charge in [-0.2, -0.15) is 4.98 Å². The van der Waals surface area contributed by atoms with Gasteiger partial charge >= 0.3 is 0 Å². The third kappa shape index (κ3) is 5.28. The molecule has 0 radical (unpaired) electrons. The molecular formula is C13H23N5O. The summed E-state index contributed by atoms with van der Waals surface area (Å²) in [5.41, 5.74) is 0. The van der Waals surface area contributed by atoms with Crippen LogP contribution in [0.3, 0.4) is 0 Å². The van der Waals surface area contributed by atoms with E-state index in [0.717, 1.165) is 44.4 Å². The summed E-state index contributed by atoms with van der Waals surface area (Å²) in [6.45, 7) is 6.60. The minimum absolute atomic E-state index is 0.697. The molecule has 1 aliphatic rings. The summed E-state index contributed by atoms with van der Waals surface area (Å²) in [6.07, 6.45) is 4.42. The Kier molecular flexibility index (Phi) is 5.18. The number of nitrogens with one attached hydrogen (secondary N) is 2. The van der Waals surface area contributed by atoms with Crippen LogP contribution in [-0.2, 0) is 6.42 Å². The van der Waals surface area contributed by atoms with Crippen LogP contribution < -0.4 is 10.6 Å². The van der Waals surface area contributed by atoms with Gasteiger partial charge in [0.15, 0.2) is 11.8 Å². The van der Waals surface area contributed by atoms with E-state index in [1.54, 1.807) is 0 Å². The maximum absolute atomic E-state index is 5.07. The summed E-state index contributed by atoms with van der Waals surface area (Å²) in [4.78, 5) is 8.75. The van der Waals surface area contributed by atoms with Crippen molar-refractivity contribution in [2.45, 2.75) is 39.5 Å². The molecular weight excluding hydrogens is 242 g/mol. The van der Waals surface area contributed by atoms with E-state index in [4.69, 9.17) is 4.52 Å². The van der Waals surface area contributed by atoms with Gasteiger partial charge in [0.25, 0.3) is 0 Å². The van der Waals surface area contributed by atoms with Gasteiger partial charge in [0, 0.05) is 26.1 Å². The molecule has 0 aromatic carbocycles. The summed E-state index contributed by atoms with van der Waals surface area (Å²) in [5.74, 6) is 3.13. The second-order valence-corrected chi connectivity index (χ2v) is 4.93.